The van der Waals surface area contributed by atoms with Crippen LogP contribution in [0.2, 0.25) is 0 Å². The molecule has 1 atom stereocenters. The molecule has 0 saturated heterocycles. The van der Waals surface area contributed by atoms with Gasteiger partial charge in [0.2, 0.25) is 0 Å². The van der Waals surface area contributed by atoms with E-state index in [4.69, 9.17) is 19.2 Å². The smallest absolute Gasteiger partial charge is 0.170 e. The average molecular weight is 402 g/mol. The minimum absolute atomic E-state index is 0.0934. The van der Waals surface area contributed by atoms with Crippen LogP contribution in [0.1, 0.15) is 31.9 Å². The van der Waals surface area contributed by atoms with Gasteiger partial charge in [0.25, 0.3) is 0 Å². The van der Waals surface area contributed by atoms with Crippen LogP contribution in [0.3, 0.4) is 0 Å². The number of halogens is 1. The zero-order valence-electron chi connectivity index (χ0n) is 14.5. The van der Waals surface area contributed by atoms with E-state index in [2.05, 4.69) is 36.7 Å². The van der Waals surface area contributed by atoms with E-state index in [0.717, 1.165) is 32.8 Å². The van der Waals surface area contributed by atoms with Crippen LogP contribution in [-0.4, -0.2) is 19.6 Å². The maximum absolute atomic E-state index is 6.11. The largest absolute Gasteiger partial charge is 0.493 e. The van der Waals surface area contributed by atoms with Gasteiger partial charge in [0.15, 0.2) is 11.9 Å². The number of hydrogen-bond acceptors (Lipinski definition) is 4. The third-order valence-corrected chi connectivity index (χ3v) is 4.81. The summed E-state index contributed by atoms with van der Waals surface area (Å²) in [5.74, 6) is 2.42. The van der Waals surface area contributed by atoms with Crippen LogP contribution in [0.25, 0.3) is 0 Å². The third kappa shape index (κ3) is 2.91. The van der Waals surface area contributed by atoms with Crippen molar-refractivity contribution in [3.63, 3.8) is 0 Å². The van der Waals surface area contributed by atoms with Crippen LogP contribution in [0.4, 0.5) is 0 Å². The summed E-state index contributed by atoms with van der Waals surface area (Å²) in [5.41, 5.74) is 1.47. The fourth-order valence-electron chi connectivity index (χ4n) is 3.11. The lowest BCUT2D eigenvalue weighted by molar-refractivity contribution is 0.197. The summed E-state index contributed by atoms with van der Waals surface area (Å²) < 4.78 is 18.6. The highest BCUT2D eigenvalue weighted by molar-refractivity contribution is 9.10. The Hall–Kier alpha value is -2.01. The number of fused-ring (bicyclic) bond motifs is 4. The molecule has 0 amide bonds. The van der Waals surface area contributed by atoms with Crippen molar-refractivity contribution in [3.05, 3.63) is 52.0 Å². The Morgan fingerprint density at radius 3 is 2.52 bits per heavy atom. The molecule has 1 spiro atoms. The van der Waals surface area contributed by atoms with Crippen molar-refractivity contribution in [3.8, 4) is 17.2 Å². The van der Waals surface area contributed by atoms with Gasteiger partial charge in [-0.25, -0.2) is 4.99 Å². The van der Waals surface area contributed by atoms with Gasteiger partial charge in [-0.05, 0) is 41.8 Å². The van der Waals surface area contributed by atoms with Gasteiger partial charge in [0.05, 0.1) is 6.61 Å². The number of ether oxygens (including phenoxy) is 3. The molecule has 25 heavy (non-hydrogen) atoms. The summed E-state index contributed by atoms with van der Waals surface area (Å²) >= 11 is 3.55. The zero-order chi connectivity index (χ0) is 17.7. The number of hydrogen-bond donors (Lipinski definition) is 0. The maximum Gasteiger partial charge on any atom is 0.170 e. The molecule has 0 aromatic heterocycles. The van der Waals surface area contributed by atoms with Crippen LogP contribution in [-0.2, 0) is 10.3 Å². The van der Waals surface area contributed by atoms with Crippen LogP contribution in [0.5, 0.6) is 17.2 Å². The molecule has 5 heteroatoms. The first-order chi connectivity index (χ1) is 11.9. The first-order valence-electron chi connectivity index (χ1n) is 8.28. The number of aliphatic imine (C=N–C) groups is 1. The summed E-state index contributed by atoms with van der Waals surface area (Å²) in [6.45, 7) is 7.55. The lowest BCUT2D eigenvalue weighted by Gasteiger charge is -2.34. The molecule has 130 valence electrons. The van der Waals surface area contributed by atoms with E-state index in [1.807, 2.05) is 36.4 Å². The molecule has 2 aliphatic heterocycles. The van der Waals surface area contributed by atoms with E-state index < -0.39 is 5.54 Å². The van der Waals surface area contributed by atoms with E-state index in [1.54, 1.807) is 0 Å². The Labute approximate surface area is 155 Å². The molecule has 2 heterocycles. The quantitative estimate of drug-likeness (QED) is 0.686. The normalized spacial score (nSPS) is 20.6. The summed E-state index contributed by atoms with van der Waals surface area (Å²) in [7, 11) is 0. The Bertz CT molecular complexity index is 857. The van der Waals surface area contributed by atoms with Crippen LogP contribution in [0, 0.1) is 5.41 Å². The van der Waals surface area contributed by atoms with E-state index in [0.29, 0.717) is 13.2 Å². The Morgan fingerprint density at radius 1 is 1.12 bits per heavy atom. The Balaban J connectivity index is 1.80. The van der Waals surface area contributed by atoms with Crippen molar-refractivity contribution < 1.29 is 14.2 Å². The molecule has 0 saturated carbocycles. The Kier molecular flexibility index (Phi) is 3.80. The lowest BCUT2D eigenvalue weighted by atomic mass is 9.81. The molecule has 2 aromatic rings. The van der Waals surface area contributed by atoms with E-state index in [1.165, 1.54) is 6.40 Å². The van der Waals surface area contributed by atoms with Gasteiger partial charge in [-0.2, -0.15) is 0 Å². The summed E-state index contributed by atoms with van der Waals surface area (Å²) in [5, 5.41) is 0. The summed E-state index contributed by atoms with van der Waals surface area (Å²) in [4.78, 5) is 4.70. The predicted octanol–water partition coefficient (Wildman–Crippen LogP) is 5.28. The zero-order valence-corrected chi connectivity index (χ0v) is 16.1. The van der Waals surface area contributed by atoms with E-state index in [9.17, 15) is 0 Å². The predicted molar refractivity (Wildman–Crippen MR) is 101 cm³/mol. The van der Waals surface area contributed by atoms with Gasteiger partial charge in [-0.3, -0.25) is 0 Å². The molecule has 0 radical (unpaired) electrons. The second kappa shape index (κ2) is 5.77. The number of rotatable bonds is 2. The first kappa shape index (κ1) is 16.5. The highest BCUT2D eigenvalue weighted by Crippen LogP contribution is 2.51. The summed E-state index contributed by atoms with van der Waals surface area (Å²) in [6, 6.07) is 11.9. The van der Waals surface area contributed by atoms with Gasteiger partial charge in [0, 0.05) is 15.6 Å². The second-order valence-electron chi connectivity index (χ2n) is 7.66. The molecule has 4 nitrogen and oxygen atoms in total. The topological polar surface area (TPSA) is 40.0 Å². The van der Waals surface area contributed by atoms with Crippen molar-refractivity contribution in [2.75, 3.05) is 13.2 Å². The molecule has 4 rings (SSSR count). The van der Waals surface area contributed by atoms with E-state index in [-0.39, 0.29) is 5.41 Å². The van der Waals surface area contributed by atoms with Gasteiger partial charge >= 0.3 is 0 Å². The van der Waals surface area contributed by atoms with Crippen molar-refractivity contribution >= 4 is 22.3 Å². The van der Waals surface area contributed by atoms with Gasteiger partial charge in [-0.1, -0.05) is 36.7 Å². The minimum atomic E-state index is -0.589. The van der Waals surface area contributed by atoms with Crippen LogP contribution in [0.15, 0.2) is 45.9 Å². The molecule has 0 bridgehead atoms. The monoisotopic (exact) mass is 401 g/mol. The van der Waals surface area contributed by atoms with Crippen LogP contribution >= 0.6 is 15.9 Å². The molecule has 0 N–H and O–H groups in total. The molecule has 0 aliphatic carbocycles. The van der Waals surface area contributed by atoms with Crippen molar-refractivity contribution in [1.29, 1.82) is 0 Å². The third-order valence-electron chi connectivity index (χ3n) is 4.32. The van der Waals surface area contributed by atoms with Crippen LogP contribution < -0.4 is 9.47 Å². The lowest BCUT2D eigenvalue weighted by Crippen LogP contribution is -2.31. The van der Waals surface area contributed by atoms with Gasteiger partial charge < -0.3 is 14.2 Å². The second-order valence-corrected chi connectivity index (χ2v) is 8.57. The highest BCUT2D eigenvalue weighted by Gasteiger charge is 2.45. The van der Waals surface area contributed by atoms with Gasteiger partial charge in [0.1, 0.15) is 23.9 Å². The SMILES string of the molecule is CC(C)(C)COc1ccc2c(c1)[C@]1(COC=N1)c1cc(Br)ccc1O2. The molecule has 0 fully saturated rings. The van der Waals surface area contributed by atoms with Crippen molar-refractivity contribution in [1.82, 2.24) is 0 Å². The first-order valence-corrected chi connectivity index (χ1v) is 9.07. The minimum Gasteiger partial charge on any atom is -0.493 e. The molecular weight excluding hydrogens is 382 g/mol. The fourth-order valence-corrected chi connectivity index (χ4v) is 3.47. The standard InChI is InChI=1S/C20H20BrNO3/c1-19(2,3)10-24-14-5-7-18-16(9-14)20(11-23-12-22-20)15-8-13(21)4-6-17(15)25-18/h4-9,12H,10-11H2,1-3H3/t20-/m0/s1. The number of benzene rings is 2. The number of nitrogens with zero attached hydrogens (tertiary/aromatic N) is 1. The van der Waals surface area contributed by atoms with Crippen molar-refractivity contribution in [2.45, 2.75) is 26.3 Å². The molecule has 0 unspecified atom stereocenters. The summed E-state index contributed by atoms with van der Waals surface area (Å²) in [6.07, 6.45) is 1.53. The Morgan fingerprint density at radius 2 is 1.84 bits per heavy atom. The van der Waals surface area contributed by atoms with E-state index >= 15 is 0 Å². The average Bonchev–Trinajstić information content (AvgIpc) is 3.04. The fraction of sp³-hybridized carbons (Fsp3) is 0.350. The maximum atomic E-state index is 6.11. The molecular formula is C20H20BrNO3. The molecule has 2 aliphatic rings. The molecule has 2 aromatic carbocycles. The van der Waals surface area contributed by atoms with Crippen molar-refractivity contribution in [2.24, 2.45) is 10.4 Å². The van der Waals surface area contributed by atoms with Gasteiger partial charge in [-0.15, -0.1) is 0 Å². The highest BCUT2D eigenvalue weighted by atomic mass is 79.9.